The molecule has 138 valence electrons. The van der Waals surface area contributed by atoms with Crippen LogP contribution in [0.15, 0.2) is 24.3 Å². The second-order valence-electron chi connectivity index (χ2n) is 7.15. The van der Waals surface area contributed by atoms with Crippen LogP contribution in [0.2, 0.25) is 0 Å². The molecule has 0 aliphatic heterocycles. The summed E-state index contributed by atoms with van der Waals surface area (Å²) in [7, 11) is 0. The van der Waals surface area contributed by atoms with Gasteiger partial charge in [-0.15, -0.1) is 0 Å². The van der Waals surface area contributed by atoms with E-state index < -0.39 is 5.97 Å². The number of carbonyl (C=O) groups excluding carboxylic acids is 1. The third-order valence-electron chi connectivity index (χ3n) is 5.36. The highest BCUT2D eigenvalue weighted by atomic mass is 16.4. The zero-order valence-electron chi connectivity index (χ0n) is 14.9. The molecule has 2 fully saturated rings. The van der Waals surface area contributed by atoms with Gasteiger partial charge in [-0.3, -0.25) is 9.69 Å². The highest BCUT2D eigenvalue weighted by Gasteiger charge is 2.46. The maximum atomic E-state index is 12.4. The van der Waals surface area contributed by atoms with Crippen LogP contribution in [0.5, 0.6) is 0 Å². The molecule has 0 atom stereocenters. The number of carboxylic acid groups (broad SMARTS) is 1. The van der Waals surface area contributed by atoms with Crippen molar-refractivity contribution in [3.05, 3.63) is 35.4 Å². The first-order valence-electron chi connectivity index (χ1n) is 9.01. The fraction of sp³-hybridized carbons (Fsp3) is 0.526. The first kappa shape index (κ1) is 18.2. The van der Waals surface area contributed by atoms with E-state index in [4.69, 9.17) is 10.4 Å². The Morgan fingerprint density at radius 1 is 1.38 bits per heavy atom. The summed E-state index contributed by atoms with van der Waals surface area (Å²) in [5.41, 5.74) is 1.20. The van der Waals surface area contributed by atoms with Crippen LogP contribution in [0.1, 0.15) is 43.7 Å². The zero-order valence-corrected chi connectivity index (χ0v) is 14.9. The quantitative estimate of drug-likeness (QED) is 0.691. The standard InChI is InChI=1S/C19H24N4O3/c1-2-23(12-17(24)25)16-9-15(10-16)21-18(26)22-19(6-7-19)14-5-3-4-13(8-14)11-20/h3-5,8,15-16H,2,6-7,9-10,12H2,1H3,(H,24,25)(H2,21,22,26). The fourth-order valence-corrected chi connectivity index (χ4v) is 3.61. The van der Waals surface area contributed by atoms with Crippen molar-refractivity contribution in [1.82, 2.24) is 15.5 Å². The smallest absolute Gasteiger partial charge is 0.317 e. The molecule has 26 heavy (non-hydrogen) atoms. The van der Waals surface area contributed by atoms with Crippen LogP contribution >= 0.6 is 0 Å². The lowest BCUT2D eigenvalue weighted by molar-refractivity contribution is -0.139. The van der Waals surface area contributed by atoms with Crippen LogP contribution in [0, 0.1) is 11.3 Å². The van der Waals surface area contributed by atoms with Crippen molar-refractivity contribution in [1.29, 1.82) is 5.26 Å². The van der Waals surface area contributed by atoms with Gasteiger partial charge in [0, 0.05) is 12.1 Å². The van der Waals surface area contributed by atoms with E-state index in [-0.39, 0.29) is 30.2 Å². The Bertz CT molecular complexity index is 733. The van der Waals surface area contributed by atoms with Gasteiger partial charge >= 0.3 is 12.0 Å². The topological polar surface area (TPSA) is 105 Å². The molecule has 0 heterocycles. The van der Waals surface area contributed by atoms with Crippen LogP contribution in [0.25, 0.3) is 0 Å². The number of urea groups is 1. The molecule has 1 aromatic rings. The van der Waals surface area contributed by atoms with Crippen molar-refractivity contribution < 1.29 is 14.7 Å². The van der Waals surface area contributed by atoms with Crippen molar-refractivity contribution >= 4 is 12.0 Å². The molecule has 7 nitrogen and oxygen atoms in total. The van der Waals surface area contributed by atoms with Gasteiger partial charge in [0.2, 0.25) is 0 Å². The molecule has 0 spiro atoms. The molecule has 0 saturated heterocycles. The first-order valence-corrected chi connectivity index (χ1v) is 9.01. The summed E-state index contributed by atoms with van der Waals surface area (Å²) in [4.78, 5) is 25.2. The summed E-state index contributed by atoms with van der Waals surface area (Å²) < 4.78 is 0. The number of rotatable bonds is 7. The van der Waals surface area contributed by atoms with E-state index in [0.717, 1.165) is 31.2 Å². The van der Waals surface area contributed by atoms with Gasteiger partial charge in [-0.2, -0.15) is 5.26 Å². The van der Waals surface area contributed by atoms with Gasteiger partial charge in [-0.05, 0) is 49.9 Å². The number of nitriles is 1. The van der Waals surface area contributed by atoms with E-state index in [0.29, 0.717) is 12.1 Å². The Morgan fingerprint density at radius 3 is 2.69 bits per heavy atom. The van der Waals surface area contributed by atoms with Gasteiger partial charge in [0.25, 0.3) is 0 Å². The van der Waals surface area contributed by atoms with Gasteiger partial charge in [-0.25, -0.2) is 4.79 Å². The molecule has 2 aliphatic rings. The molecule has 0 aromatic heterocycles. The number of benzene rings is 1. The normalized spacial score (nSPS) is 22.8. The summed E-state index contributed by atoms with van der Waals surface area (Å²) >= 11 is 0. The summed E-state index contributed by atoms with van der Waals surface area (Å²) in [6.45, 7) is 2.68. The minimum Gasteiger partial charge on any atom is -0.480 e. The van der Waals surface area contributed by atoms with Gasteiger partial charge in [-0.1, -0.05) is 19.1 Å². The maximum Gasteiger partial charge on any atom is 0.317 e. The lowest BCUT2D eigenvalue weighted by atomic mass is 9.85. The van der Waals surface area contributed by atoms with Crippen molar-refractivity contribution in [2.45, 2.75) is 50.2 Å². The molecule has 2 amide bonds. The number of hydrogen-bond acceptors (Lipinski definition) is 4. The van der Waals surface area contributed by atoms with Crippen LogP contribution in [0.3, 0.4) is 0 Å². The molecule has 0 radical (unpaired) electrons. The number of carbonyl (C=O) groups is 2. The molecule has 0 bridgehead atoms. The van der Waals surface area contributed by atoms with Crippen molar-refractivity contribution in [3.63, 3.8) is 0 Å². The highest BCUT2D eigenvalue weighted by molar-refractivity contribution is 5.76. The minimum absolute atomic E-state index is 0.0401. The van der Waals surface area contributed by atoms with Crippen LogP contribution in [-0.4, -0.2) is 47.2 Å². The second-order valence-corrected chi connectivity index (χ2v) is 7.15. The third-order valence-corrected chi connectivity index (χ3v) is 5.36. The average molecular weight is 356 g/mol. The molecule has 0 unspecified atom stereocenters. The summed E-state index contributed by atoms with van der Waals surface area (Å²) in [5.74, 6) is -0.823. The molecule has 2 aliphatic carbocycles. The van der Waals surface area contributed by atoms with E-state index in [9.17, 15) is 9.59 Å². The first-order chi connectivity index (χ1) is 12.5. The Labute approximate surface area is 153 Å². The van der Waals surface area contributed by atoms with E-state index in [2.05, 4.69) is 16.7 Å². The van der Waals surface area contributed by atoms with E-state index in [1.165, 1.54) is 0 Å². The van der Waals surface area contributed by atoms with E-state index in [1.807, 2.05) is 30.0 Å². The van der Waals surface area contributed by atoms with E-state index in [1.54, 1.807) is 6.07 Å². The van der Waals surface area contributed by atoms with Crippen LogP contribution in [0.4, 0.5) is 4.79 Å². The Morgan fingerprint density at radius 2 is 2.12 bits per heavy atom. The fourth-order valence-electron chi connectivity index (χ4n) is 3.61. The Kier molecular flexibility index (Phi) is 5.14. The largest absolute Gasteiger partial charge is 0.480 e. The second kappa shape index (κ2) is 7.34. The molecular weight excluding hydrogens is 332 g/mol. The average Bonchev–Trinajstić information content (AvgIpc) is 3.36. The number of likely N-dealkylation sites (N-methyl/N-ethyl adjacent to an activating group) is 1. The molecule has 7 heteroatoms. The number of nitrogens with one attached hydrogen (secondary N) is 2. The number of amides is 2. The number of aliphatic carboxylic acids is 1. The molecule has 2 saturated carbocycles. The van der Waals surface area contributed by atoms with Crippen LogP contribution < -0.4 is 10.6 Å². The van der Waals surface area contributed by atoms with Crippen molar-refractivity contribution in [2.24, 2.45) is 0 Å². The molecular formula is C19H24N4O3. The number of nitrogens with zero attached hydrogens (tertiary/aromatic N) is 2. The molecule has 1 aromatic carbocycles. The number of carboxylic acids is 1. The third kappa shape index (κ3) is 3.97. The lowest BCUT2D eigenvalue weighted by Crippen LogP contribution is -2.57. The highest BCUT2D eigenvalue weighted by Crippen LogP contribution is 2.45. The van der Waals surface area contributed by atoms with Crippen LogP contribution in [-0.2, 0) is 10.3 Å². The summed E-state index contributed by atoms with van der Waals surface area (Å²) in [6.07, 6.45) is 3.27. The predicted molar refractivity (Wildman–Crippen MR) is 95.4 cm³/mol. The molecule has 3 rings (SSSR count). The monoisotopic (exact) mass is 356 g/mol. The minimum atomic E-state index is -0.823. The van der Waals surface area contributed by atoms with Gasteiger partial charge in [0.05, 0.1) is 23.7 Å². The van der Waals surface area contributed by atoms with Crippen molar-refractivity contribution in [3.8, 4) is 6.07 Å². The summed E-state index contributed by atoms with van der Waals surface area (Å²) in [6, 6.07) is 9.58. The SMILES string of the molecule is CCN(CC(=O)O)C1CC(NC(=O)NC2(c3cccc(C#N)c3)CC2)C1. The number of hydrogen-bond donors (Lipinski definition) is 3. The Hall–Kier alpha value is -2.59. The molecule has 3 N–H and O–H groups in total. The predicted octanol–water partition coefficient (Wildman–Crippen LogP) is 1.78. The van der Waals surface area contributed by atoms with E-state index >= 15 is 0 Å². The van der Waals surface area contributed by atoms with Crippen molar-refractivity contribution in [2.75, 3.05) is 13.1 Å². The summed E-state index contributed by atoms with van der Waals surface area (Å²) in [5, 5.41) is 24.0. The Balaban J connectivity index is 1.50. The van der Waals surface area contributed by atoms with Gasteiger partial charge in [0.1, 0.15) is 0 Å². The van der Waals surface area contributed by atoms with Gasteiger partial charge in [0.15, 0.2) is 0 Å². The lowest BCUT2D eigenvalue weighted by Gasteiger charge is -2.42. The zero-order chi connectivity index (χ0) is 18.7. The van der Waals surface area contributed by atoms with Gasteiger partial charge < -0.3 is 15.7 Å². The maximum absolute atomic E-state index is 12.4.